The lowest BCUT2D eigenvalue weighted by Crippen LogP contribution is -2.41. The van der Waals surface area contributed by atoms with Crippen molar-refractivity contribution in [2.75, 3.05) is 14.2 Å². The molecule has 2 atom stereocenters. The molecule has 0 saturated heterocycles. The number of hydrogen-bond acceptors (Lipinski definition) is 5. The van der Waals surface area contributed by atoms with E-state index in [2.05, 4.69) is 0 Å². The first-order valence-electron chi connectivity index (χ1n) is 9.70. The molecule has 0 saturated carbocycles. The zero-order valence-electron chi connectivity index (χ0n) is 17.2. The minimum Gasteiger partial charge on any atom is -0.497 e. The topological polar surface area (TPSA) is 57.1 Å². The Morgan fingerprint density at radius 1 is 0.933 bits per heavy atom. The second-order valence-corrected chi connectivity index (χ2v) is 7.22. The number of ether oxygens (including phenoxy) is 3. The number of hydrogen-bond donors (Lipinski definition) is 0. The van der Waals surface area contributed by atoms with E-state index < -0.39 is 17.6 Å². The maximum Gasteiger partial charge on any atom is 0.350 e. The van der Waals surface area contributed by atoms with Crippen LogP contribution in [-0.4, -0.2) is 32.0 Å². The third kappa shape index (κ3) is 3.43. The predicted molar refractivity (Wildman–Crippen MR) is 115 cm³/mol. The molecule has 1 aliphatic rings. The summed E-state index contributed by atoms with van der Waals surface area (Å²) in [7, 11) is 2.95. The van der Waals surface area contributed by atoms with Gasteiger partial charge in [-0.3, -0.25) is 4.99 Å². The van der Waals surface area contributed by atoms with Crippen molar-refractivity contribution < 1.29 is 19.0 Å². The molecule has 0 unspecified atom stereocenters. The van der Waals surface area contributed by atoms with Crippen molar-refractivity contribution in [1.29, 1.82) is 0 Å². The van der Waals surface area contributed by atoms with E-state index in [1.54, 1.807) is 13.2 Å². The summed E-state index contributed by atoms with van der Waals surface area (Å²) in [4.78, 5) is 17.8. The molecule has 0 amide bonds. The SMILES string of the molecule is COC(=O)[C@@H]1Oc2cc(OC)ccc2[C@@]1(C)N=C(c1ccccc1)c1ccccc1. The van der Waals surface area contributed by atoms with Crippen LogP contribution >= 0.6 is 0 Å². The van der Waals surface area contributed by atoms with Gasteiger partial charge in [0.1, 0.15) is 17.0 Å². The van der Waals surface area contributed by atoms with E-state index in [0.29, 0.717) is 11.5 Å². The summed E-state index contributed by atoms with van der Waals surface area (Å²) in [5.41, 5.74) is 2.52. The third-order valence-electron chi connectivity index (χ3n) is 5.34. The normalized spacial score (nSPS) is 19.4. The van der Waals surface area contributed by atoms with Crippen LogP contribution < -0.4 is 9.47 Å². The first-order chi connectivity index (χ1) is 14.6. The number of fused-ring (bicyclic) bond motifs is 1. The average Bonchev–Trinajstić information content (AvgIpc) is 3.10. The van der Waals surface area contributed by atoms with E-state index in [1.165, 1.54) is 7.11 Å². The minimum atomic E-state index is -0.976. The molecule has 0 bridgehead atoms. The highest BCUT2D eigenvalue weighted by Gasteiger charge is 2.51. The molecule has 3 aromatic rings. The van der Waals surface area contributed by atoms with Gasteiger partial charge in [-0.05, 0) is 19.1 Å². The lowest BCUT2D eigenvalue weighted by atomic mass is 9.87. The first kappa shape index (κ1) is 19.7. The second kappa shape index (κ2) is 8.03. The van der Waals surface area contributed by atoms with Gasteiger partial charge >= 0.3 is 5.97 Å². The molecular weight excluding hydrogens is 378 g/mol. The van der Waals surface area contributed by atoms with E-state index in [9.17, 15) is 4.79 Å². The van der Waals surface area contributed by atoms with Crippen LogP contribution in [0.25, 0.3) is 0 Å². The summed E-state index contributed by atoms with van der Waals surface area (Å²) >= 11 is 0. The summed E-state index contributed by atoms with van der Waals surface area (Å²) in [5, 5.41) is 0. The molecular formula is C25H23NO4. The molecule has 0 N–H and O–H groups in total. The maximum atomic E-state index is 12.7. The number of nitrogens with zero attached hydrogens (tertiary/aromatic N) is 1. The lowest BCUT2D eigenvalue weighted by molar-refractivity contribution is -0.150. The summed E-state index contributed by atoms with van der Waals surface area (Å²) in [6.07, 6.45) is -0.910. The lowest BCUT2D eigenvalue weighted by Gasteiger charge is -2.26. The van der Waals surface area contributed by atoms with Crippen LogP contribution in [0.4, 0.5) is 0 Å². The van der Waals surface area contributed by atoms with E-state index in [1.807, 2.05) is 79.7 Å². The van der Waals surface area contributed by atoms with Crippen LogP contribution in [0, 0.1) is 0 Å². The summed E-state index contributed by atoms with van der Waals surface area (Å²) < 4.78 is 16.4. The Balaban J connectivity index is 1.93. The molecule has 5 nitrogen and oxygen atoms in total. The molecule has 0 aromatic heterocycles. The highest BCUT2D eigenvalue weighted by atomic mass is 16.6. The summed E-state index contributed by atoms with van der Waals surface area (Å²) in [6.45, 7) is 1.90. The summed E-state index contributed by atoms with van der Waals surface area (Å²) in [5.74, 6) is 0.741. The smallest absolute Gasteiger partial charge is 0.350 e. The van der Waals surface area contributed by atoms with Gasteiger partial charge in [0.25, 0.3) is 0 Å². The molecule has 1 heterocycles. The van der Waals surface area contributed by atoms with Crippen LogP contribution in [0.3, 0.4) is 0 Å². The predicted octanol–water partition coefficient (Wildman–Crippen LogP) is 4.38. The molecule has 30 heavy (non-hydrogen) atoms. The van der Waals surface area contributed by atoms with Gasteiger partial charge in [0.15, 0.2) is 0 Å². The van der Waals surface area contributed by atoms with Crippen LogP contribution in [0.1, 0.15) is 23.6 Å². The van der Waals surface area contributed by atoms with Crippen molar-refractivity contribution in [1.82, 2.24) is 0 Å². The number of rotatable bonds is 5. The Hall–Kier alpha value is -3.60. The number of methoxy groups -OCH3 is 2. The Bertz CT molecular complexity index is 1040. The zero-order chi connectivity index (χ0) is 21.1. The number of benzene rings is 3. The fourth-order valence-electron chi connectivity index (χ4n) is 3.75. The Kier molecular flexibility index (Phi) is 5.27. The van der Waals surface area contributed by atoms with Gasteiger partial charge in [-0.2, -0.15) is 0 Å². The van der Waals surface area contributed by atoms with Crippen LogP contribution in [0.2, 0.25) is 0 Å². The number of esters is 1. The van der Waals surface area contributed by atoms with Gasteiger partial charge in [-0.15, -0.1) is 0 Å². The van der Waals surface area contributed by atoms with Crippen molar-refractivity contribution in [2.45, 2.75) is 18.6 Å². The van der Waals surface area contributed by atoms with E-state index >= 15 is 0 Å². The zero-order valence-corrected chi connectivity index (χ0v) is 17.2. The minimum absolute atomic E-state index is 0.475. The Morgan fingerprint density at radius 2 is 1.53 bits per heavy atom. The van der Waals surface area contributed by atoms with E-state index in [-0.39, 0.29) is 0 Å². The van der Waals surface area contributed by atoms with Crippen molar-refractivity contribution in [3.63, 3.8) is 0 Å². The molecule has 3 aromatic carbocycles. The van der Waals surface area contributed by atoms with Gasteiger partial charge in [0.2, 0.25) is 6.10 Å². The van der Waals surface area contributed by atoms with Crippen molar-refractivity contribution in [3.8, 4) is 11.5 Å². The molecule has 0 radical (unpaired) electrons. The fraction of sp³-hybridized carbons (Fsp3) is 0.200. The standard InChI is InChI=1S/C25H23NO4/c1-25(20-15-14-19(28-2)16-21(20)30-23(25)24(27)29-3)26-22(17-10-6-4-7-11-17)18-12-8-5-9-13-18/h4-16,23H,1-3H3/t23-,25+/m0/s1. The fourth-order valence-corrected chi connectivity index (χ4v) is 3.75. The van der Waals surface area contributed by atoms with E-state index in [0.717, 1.165) is 22.4 Å². The first-order valence-corrected chi connectivity index (χ1v) is 9.70. The molecule has 5 heteroatoms. The largest absolute Gasteiger partial charge is 0.497 e. The monoisotopic (exact) mass is 401 g/mol. The van der Waals surface area contributed by atoms with Crippen LogP contribution in [0.15, 0.2) is 83.9 Å². The number of carbonyl (C=O) groups excluding carboxylic acids is 1. The molecule has 152 valence electrons. The maximum absolute atomic E-state index is 12.7. The van der Waals surface area contributed by atoms with Crippen molar-refractivity contribution >= 4 is 11.7 Å². The number of aliphatic imine (C=N–C) groups is 1. The Labute approximate surface area is 175 Å². The van der Waals surface area contributed by atoms with Crippen molar-refractivity contribution in [2.24, 2.45) is 4.99 Å². The second-order valence-electron chi connectivity index (χ2n) is 7.22. The molecule has 4 rings (SSSR count). The molecule has 0 spiro atoms. The van der Waals surface area contributed by atoms with Crippen LogP contribution in [0.5, 0.6) is 11.5 Å². The van der Waals surface area contributed by atoms with Gasteiger partial charge < -0.3 is 14.2 Å². The Morgan fingerprint density at radius 3 is 2.07 bits per heavy atom. The van der Waals surface area contributed by atoms with E-state index in [4.69, 9.17) is 19.2 Å². The van der Waals surface area contributed by atoms with Gasteiger partial charge in [-0.25, -0.2) is 4.79 Å². The van der Waals surface area contributed by atoms with Crippen molar-refractivity contribution in [3.05, 3.63) is 95.6 Å². The average molecular weight is 401 g/mol. The highest BCUT2D eigenvalue weighted by Crippen LogP contribution is 2.46. The van der Waals surface area contributed by atoms with Gasteiger partial charge in [0.05, 0.1) is 19.9 Å². The third-order valence-corrected chi connectivity index (χ3v) is 5.34. The summed E-state index contributed by atoms with van der Waals surface area (Å²) in [6, 6.07) is 25.4. The molecule has 0 aliphatic carbocycles. The molecule has 0 fully saturated rings. The highest BCUT2D eigenvalue weighted by molar-refractivity contribution is 6.13. The number of carbonyl (C=O) groups is 1. The van der Waals surface area contributed by atoms with Crippen LogP contribution in [-0.2, 0) is 15.1 Å². The molecule has 1 aliphatic heterocycles. The quantitative estimate of drug-likeness (QED) is 0.470. The van der Waals surface area contributed by atoms with Gasteiger partial charge in [0, 0.05) is 22.8 Å². The van der Waals surface area contributed by atoms with Gasteiger partial charge in [-0.1, -0.05) is 60.7 Å².